The number of methoxy groups -OCH3 is 1. The minimum absolute atomic E-state index is 0.0949. The van der Waals surface area contributed by atoms with Gasteiger partial charge in [0.2, 0.25) is 0 Å². The Hall–Kier alpha value is -2.21. The second-order valence-corrected chi connectivity index (χ2v) is 3.85. The summed E-state index contributed by atoms with van der Waals surface area (Å²) < 4.78 is 4.98. The van der Waals surface area contributed by atoms with Gasteiger partial charge in [-0.1, -0.05) is 6.08 Å². The summed E-state index contributed by atoms with van der Waals surface area (Å²) in [5.41, 5.74) is 0.635. The van der Waals surface area contributed by atoms with Gasteiger partial charge in [0.05, 0.1) is 11.5 Å². The molecule has 0 saturated heterocycles. The molecule has 102 valence electrons. The third-order valence-corrected chi connectivity index (χ3v) is 2.59. The molecular formula is C13H16N2O4. The van der Waals surface area contributed by atoms with Crippen molar-refractivity contribution in [3.8, 4) is 0 Å². The molecule has 6 nitrogen and oxygen atoms in total. The Morgan fingerprint density at radius 1 is 1.53 bits per heavy atom. The van der Waals surface area contributed by atoms with Gasteiger partial charge in [-0.05, 0) is 12.1 Å². The molecule has 0 aliphatic rings. The maximum absolute atomic E-state index is 11.1. The van der Waals surface area contributed by atoms with Gasteiger partial charge in [0.25, 0.3) is 5.69 Å². The van der Waals surface area contributed by atoms with Crippen LogP contribution in [0.25, 0.3) is 0 Å². The average Bonchev–Trinajstić information content (AvgIpc) is 2.42. The molecule has 0 aromatic heterocycles. The number of aldehydes is 1. The zero-order valence-corrected chi connectivity index (χ0v) is 10.7. The summed E-state index contributed by atoms with van der Waals surface area (Å²) in [6.45, 7) is 5.05. The number of carbonyl (C=O) groups excluding carboxylic acids is 1. The zero-order chi connectivity index (χ0) is 14.3. The van der Waals surface area contributed by atoms with Gasteiger partial charge in [0.15, 0.2) is 0 Å². The molecule has 0 bridgehead atoms. The predicted molar refractivity (Wildman–Crippen MR) is 72.8 cm³/mol. The number of nitro groups is 1. The summed E-state index contributed by atoms with van der Waals surface area (Å²) in [5, 5.41) is 11.1. The molecule has 0 N–H and O–H groups in total. The van der Waals surface area contributed by atoms with Crippen molar-refractivity contribution >= 4 is 17.7 Å². The lowest BCUT2D eigenvalue weighted by molar-refractivity contribution is -0.384. The first kappa shape index (κ1) is 14.8. The van der Waals surface area contributed by atoms with Crippen LogP contribution in [0.3, 0.4) is 0 Å². The number of hydrogen-bond acceptors (Lipinski definition) is 5. The number of nitro benzene ring substituents is 1. The Bertz CT molecular complexity index is 474. The van der Waals surface area contributed by atoms with E-state index in [2.05, 4.69) is 6.58 Å². The van der Waals surface area contributed by atoms with Crippen LogP contribution in [0.1, 0.15) is 10.4 Å². The van der Waals surface area contributed by atoms with Crippen molar-refractivity contribution in [2.75, 3.05) is 31.7 Å². The van der Waals surface area contributed by atoms with Crippen LogP contribution in [0.4, 0.5) is 11.4 Å². The van der Waals surface area contributed by atoms with E-state index in [4.69, 9.17) is 4.74 Å². The molecule has 0 spiro atoms. The molecule has 0 amide bonds. The Morgan fingerprint density at radius 2 is 2.26 bits per heavy atom. The lowest BCUT2D eigenvalue weighted by atomic mass is 10.1. The smallest absolute Gasteiger partial charge is 0.293 e. The van der Waals surface area contributed by atoms with E-state index < -0.39 is 4.92 Å². The van der Waals surface area contributed by atoms with E-state index in [0.717, 1.165) is 0 Å². The molecule has 0 aliphatic carbocycles. The van der Waals surface area contributed by atoms with Gasteiger partial charge < -0.3 is 9.64 Å². The summed E-state index contributed by atoms with van der Waals surface area (Å²) >= 11 is 0. The highest BCUT2D eigenvalue weighted by Gasteiger charge is 2.19. The number of ether oxygens (including phenoxy) is 1. The monoisotopic (exact) mass is 264 g/mol. The fourth-order valence-corrected chi connectivity index (χ4v) is 1.69. The molecule has 0 fully saturated rings. The number of anilines is 1. The third-order valence-electron chi connectivity index (χ3n) is 2.59. The first-order valence-corrected chi connectivity index (χ1v) is 5.72. The summed E-state index contributed by atoms with van der Waals surface area (Å²) in [6.07, 6.45) is 2.25. The highest BCUT2D eigenvalue weighted by atomic mass is 16.6. The summed E-state index contributed by atoms with van der Waals surface area (Å²) in [4.78, 5) is 23.1. The first-order chi connectivity index (χ1) is 9.13. The molecule has 1 aromatic rings. The van der Waals surface area contributed by atoms with E-state index in [1.807, 2.05) is 0 Å². The van der Waals surface area contributed by atoms with Crippen LogP contribution < -0.4 is 4.90 Å². The molecule has 0 saturated carbocycles. The minimum atomic E-state index is -0.495. The van der Waals surface area contributed by atoms with E-state index >= 15 is 0 Å². The lowest BCUT2D eigenvalue weighted by Crippen LogP contribution is -2.28. The van der Waals surface area contributed by atoms with Gasteiger partial charge in [0, 0.05) is 31.8 Å². The number of carbonyl (C=O) groups is 1. The number of rotatable bonds is 8. The Labute approximate surface area is 111 Å². The van der Waals surface area contributed by atoms with Gasteiger partial charge in [-0.3, -0.25) is 14.9 Å². The lowest BCUT2D eigenvalue weighted by Gasteiger charge is -2.22. The van der Waals surface area contributed by atoms with Crippen molar-refractivity contribution in [3.63, 3.8) is 0 Å². The van der Waals surface area contributed by atoms with E-state index in [1.54, 1.807) is 30.2 Å². The maximum Gasteiger partial charge on any atom is 0.293 e. The van der Waals surface area contributed by atoms with Crippen molar-refractivity contribution in [2.45, 2.75) is 0 Å². The van der Waals surface area contributed by atoms with Crippen LogP contribution in [0.15, 0.2) is 30.9 Å². The Morgan fingerprint density at radius 3 is 2.79 bits per heavy atom. The van der Waals surface area contributed by atoms with E-state index in [0.29, 0.717) is 31.7 Å². The van der Waals surface area contributed by atoms with Crippen molar-refractivity contribution < 1.29 is 14.5 Å². The Kier molecular flexibility index (Phi) is 5.69. The highest BCUT2D eigenvalue weighted by molar-refractivity contribution is 5.79. The molecule has 19 heavy (non-hydrogen) atoms. The number of benzene rings is 1. The topological polar surface area (TPSA) is 72.7 Å². The second-order valence-electron chi connectivity index (χ2n) is 3.85. The van der Waals surface area contributed by atoms with Crippen LogP contribution in [-0.4, -0.2) is 38.0 Å². The largest absolute Gasteiger partial charge is 0.383 e. The standard InChI is InChI=1S/C13H16N2O4/c1-3-6-14(7-8-19-2)12-5-4-11(10-16)9-13(12)15(17)18/h3-5,9-10H,1,6-8H2,2H3. The molecule has 0 unspecified atom stereocenters. The van der Waals surface area contributed by atoms with Crippen LogP contribution in [0.5, 0.6) is 0 Å². The second kappa shape index (κ2) is 7.27. The van der Waals surface area contributed by atoms with Gasteiger partial charge in [-0.2, -0.15) is 0 Å². The highest BCUT2D eigenvalue weighted by Crippen LogP contribution is 2.28. The van der Waals surface area contributed by atoms with E-state index in [-0.39, 0.29) is 11.3 Å². The van der Waals surface area contributed by atoms with Crippen LogP contribution >= 0.6 is 0 Å². The molecule has 6 heteroatoms. The average molecular weight is 264 g/mol. The van der Waals surface area contributed by atoms with E-state index in [9.17, 15) is 14.9 Å². The van der Waals surface area contributed by atoms with Gasteiger partial charge >= 0.3 is 0 Å². The molecular weight excluding hydrogens is 248 g/mol. The normalized spacial score (nSPS) is 9.95. The van der Waals surface area contributed by atoms with Crippen molar-refractivity contribution in [2.24, 2.45) is 0 Å². The summed E-state index contributed by atoms with van der Waals surface area (Å²) in [7, 11) is 1.57. The van der Waals surface area contributed by atoms with Gasteiger partial charge in [-0.15, -0.1) is 6.58 Å². The van der Waals surface area contributed by atoms with Crippen LogP contribution in [-0.2, 0) is 4.74 Å². The molecule has 0 aliphatic heterocycles. The quantitative estimate of drug-likeness (QED) is 0.311. The first-order valence-electron chi connectivity index (χ1n) is 5.72. The molecule has 0 heterocycles. The van der Waals surface area contributed by atoms with Gasteiger partial charge in [-0.25, -0.2) is 0 Å². The molecule has 1 rings (SSSR count). The fourth-order valence-electron chi connectivity index (χ4n) is 1.69. The number of hydrogen-bond donors (Lipinski definition) is 0. The summed E-state index contributed by atoms with van der Waals surface area (Å²) in [6, 6.07) is 4.39. The molecule has 1 aromatic carbocycles. The number of nitrogens with zero attached hydrogens (tertiary/aromatic N) is 2. The predicted octanol–water partition coefficient (Wildman–Crippen LogP) is 2.05. The Balaban J connectivity index is 3.16. The van der Waals surface area contributed by atoms with E-state index in [1.165, 1.54) is 6.07 Å². The molecule has 0 radical (unpaired) electrons. The SMILES string of the molecule is C=CCN(CCOC)c1ccc(C=O)cc1[N+](=O)[O-]. The van der Waals surface area contributed by atoms with Crippen molar-refractivity contribution in [1.82, 2.24) is 0 Å². The maximum atomic E-state index is 11.1. The fraction of sp³-hybridized carbons (Fsp3) is 0.308. The minimum Gasteiger partial charge on any atom is -0.383 e. The molecule has 0 atom stereocenters. The summed E-state index contributed by atoms with van der Waals surface area (Å²) in [5.74, 6) is 0. The van der Waals surface area contributed by atoms with Crippen LogP contribution in [0, 0.1) is 10.1 Å². The van der Waals surface area contributed by atoms with Crippen LogP contribution in [0.2, 0.25) is 0 Å². The van der Waals surface area contributed by atoms with Gasteiger partial charge in [0.1, 0.15) is 12.0 Å². The zero-order valence-electron chi connectivity index (χ0n) is 10.7. The van der Waals surface area contributed by atoms with Crippen molar-refractivity contribution in [3.05, 3.63) is 46.5 Å². The van der Waals surface area contributed by atoms with Crippen molar-refractivity contribution in [1.29, 1.82) is 0 Å². The third kappa shape index (κ3) is 3.89.